The molecule has 0 rings (SSSR count). The van der Waals surface area contributed by atoms with Gasteiger partial charge in [0.15, 0.2) is 8.32 Å². The summed E-state index contributed by atoms with van der Waals surface area (Å²) in [6, 6.07) is 0. The van der Waals surface area contributed by atoms with E-state index in [0.717, 1.165) is 0 Å². The van der Waals surface area contributed by atoms with Crippen LogP contribution in [0, 0.1) is 0 Å². The average molecular weight is 204 g/mol. The van der Waals surface area contributed by atoms with Crippen molar-refractivity contribution in [2.24, 2.45) is 0 Å². The van der Waals surface area contributed by atoms with Crippen molar-refractivity contribution in [1.29, 1.82) is 0 Å². The maximum atomic E-state index is 11.5. The zero-order chi connectivity index (χ0) is 9.99. The SMILES string of the molecule is CCC(=O)[Si](C)(C)O[Si](C)(C)C. The van der Waals surface area contributed by atoms with Crippen LogP contribution in [0.5, 0.6) is 0 Å². The molecule has 0 bridgehead atoms. The van der Waals surface area contributed by atoms with Crippen molar-refractivity contribution in [2.75, 3.05) is 0 Å². The summed E-state index contributed by atoms with van der Waals surface area (Å²) >= 11 is 0. The Labute approximate surface area is 77.6 Å². The van der Waals surface area contributed by atoms with Crippen LogP contribution in [0.15, 0.2) is 0 Å². The summed E-state index contributed by atoms with van der Waals surface area (Å²) in [5.41, 5.74) is 0. The molecule has 0 radical (unpaired) electrons. The number of hydrogen-bond donors (Lipinski definition) is 0. The topological polar surface area (TPSA) is 26.3 Å². The molecule has 0 aliphatic heterocycles. The molecule has 0 aromatic carbocycles. The van der Waals surface area contributed by atoms with Crippen LogP contribution in [-0.2, 0) is 8.91 Å². The average Bonchev–Trinajstić information content (AvgIpc) is 1.80. The van der Waals surface area contributed by atoms with Gasteiger partial charge in [-0.3, -0.25) is 0 Å². The van der Waals surface area contributed by atoms with E-state index in [-0.39, 0.29) is 0 Å². The molecule has 0 aromatic heterocycles. The standard InChI is InChI=1S/C8H20O2Si2/c1-7-8(9)12(5,6)10-11(2,3)4/h7H2,1-6H3. The second kappa shape index (κ2) is 3.85. The molecule has 0 unspecified atom stereocenters. The molecule has 0 amide bonds. The highest BCUT2D eigenvalue weighted by molar-refractivity contribution is 7.03. The van der Waals surface area contributed by atoms with Crippen LogP contribution in [0.4, 0.5) is 0 Å². The minimum atomic E-state index is -2.02. The van der Waals surface area contributed by atoms with Crippen molar-refractivity contribution in [3.63, 3.8) is 0 Å². The molecule has 0 spiro atoms. The predicted molar refractivity (Wildman–Crippen MR) is 57.2 cm³/mol. The van der Waals surface area contributed by atoms with E-state index < -0.39 is 16.6 Å². The highest BCUT2D eigenvalue weighted by Crippen LogP contribution is 2.15. The Morgan fingerprint density at radius 2 is 1.58 bits per heavy atom. The predicted octanol–water partition coefficient (Wildman–Crippen LogP) is 2.56. The molecule has 0 aliphatic carbocycles. The van der Waals surface area contributed by atoms with Gasteiger partial charge in [0.1, 0.15) is 5.41 Å². The fraction of sp³-hybridized carbons (Fsp3) is 0.875. The van der Waals surface area contributed by atoms with Gasteiger partial charge in [0.25, 0.3) is 0 Å². The third kappa shape index (κ3) is 4.18. The van der Waals surface area contributed by atoms with Crippen molar-refractivity contribution < 1.29 is 8.91 Å². The molecule has 2 nitrogen and oxygen atoms in total. The number of rotatable bonds is 4. The van der Waals surface area contributed by atoms with Gasteiger partial charge in [0.2, 0.25) is 8.32 Å². The van der Waals surface area contributed by atoms with Crippen LogP contribution >= 0.6 is 0 Å². The third-order valence-electron chi connectivity index (χ3n) is 1.55. The van der Waals surface area contributed by atoms with Gasteiger partial charge in [-0.1, -0.05) is 6.92 Å². The Hall–Kier alpha value is 0.0638. The first-order valence-corrected chi connectivity index (χ1v) is 10.7. The largest absolute Gasteiger partial charge is 0.451 e. The summed E-state index contributed by atoms with van der Waals surface area (Å²) in [4.78, 5) is 11.5. The first kappa shape index (κ1) is 12.1. The highest BCUT2D eigenvalue weighted by atomic mass is 28.4. The molecule has 0 aliphatic rings. The molecule has 12 heavy (non-hydrogen) atoms. The van der Waals surface area contributed by atoms with E-state index in [1.165, 1.54) is 0 Å². The smallest absolute Gasteiger partial charge is 0.248 e. The van der Waals surface area contributed by atoms with Crippen LogP contribution in [0.2, 0.25) is 32.7 Å². The van der Waals surface area contributed by atoms with Crippen molar-refractivity contribution in [2.45, 2.75) is 46.1 Å². The number of hydrogen-bond acceptors (Lipinski definition) is 2. The fourth-order valence-electron chi connectivity index (χ4n) is 1.25. The molecule has 0 saturated carbocycles. The van der Waals surface area contributed by atoms with E-state index in [2.05, 4.69) is 19.6 Å². The van der Waals surface area contributed by atoms with Gasteiger partial charge >= 0.3 is 0 Å². The minimum Gasteiger partial charge on any atom is -0.451 e. The second-order valence-electron chi connectivity index (χ2n) is 4.50. The summed E-state index contributed by atoms with van der Waals surface area (Å²) in [6.07, 6.45) is 0.615. The molecule has 0 saturated heterocycles. The molecule has 0 atom stereocenters. The maximum absolute atomic E-state index is 11.5. The first-order chi connectivity index (χ1) is 5.19. The van der Waals surface area contributed by atoms with E-state index in [1.807, 2.05) is 20.0 Å². The Morgan fingerprint density at radius 1 is 1.17 bits per heavy atom. The van der Waals surface area contributed by atoms with E-state index in [1.54, 1.807) is 0 Å². The Bertz CT molecular complexity index is 170. The van der Waals surface area contributed by atoms with Gasteiger partial charge in [-0.25, -0.2) is 0 Å². The monoisotopic (exact) mass is 204 g/mol. The highest BCUT2D eigenvalue weighted by Gasteiger charge is 2.35. The van der Waals surface area contributed by atoms with Crippen molar-refractivity contribution in [1.82, 2.24) is 0 Å². The molecule has 0 fully saturated rings. The van der Waals surface area contributed by atoms with E-state index in [9.17, 15) is 4.79 Å². The van der Waals surface area contributed by atoms with Crippen molar-refractivity contribution in [3.05, 3.63) is 0 Å². The van der Waals surface area contributed by atoms with Crippen LogP contribution in [-0.4, -0.2) is 22.0 Å². The Balaban J connectivity index is 4.32. The van der Waals surface area contributed by atoms with Gasteiger partial charge in [-0.2, -0.15) is 0 Å². The second-order valence-corrected chi connectivity index (χ2v) is 13.1. The van der Waals surface area contributed by atoms with Gasteiger partial charge in [0, 0.05) is 6.42 Å². The van der Waals surface area contributed by atoms with Crippen molar-refractivity contribution >= 4 is 22.0 Å². The molecule has 72 valence electrons. The summed E-state index contributed by atoms with van der Waals surface area (Å²) in [5, 5.41) is 0.324. The Kier molecular flexibility index (Phi) is 3.87. The van der Waals surface area contributed by atoms with Crippen LogP contribution in [0.25, 0.3) is 0 Å². The number of carbonyl (C=O) groups excluding carboxylic acids is 1. The van der Waals surface area contributed by atoms with Crippen LogP contribution in [0.1, 0.15) is 13.3 Å². The maximum Gasteiger partial charge on any atom is 0.248 e. The minimum absolute atomic E-state index is 0.324. The summed E-state index contributed by atoms with van der Waals surface area (Å²) in [7, 11) is -3.55. The summed E-state index contributed by atoms with van der Waals surface area (Å²) < 4.78 is 5.91. The van der Waals surface area contributed by atoms with Crippen LogP contribution < -0.4 is 0 Å². The molecular formula is C8H20O2Si2. The van der Waals surface area contributed by atoms with Gasteiger partial charge in [-0.15, -0.1) is 0 Å². The van der Waals surface area contributed by atoms with Gasteiger partial charge in [0.05, 0.1) is 0 Å². The van der Waals surface area contributed by atoms with E-state index in [4.69, 9.17) is 4.12 Å². The fourth-order valence-corrected chi connectivity index (χ4v) is 8.68. The quantitative estimate of drug-likeness (QED) is 0.658. The lowest BCUT2D eigenvalue weighted by Crippen LogP contribution is -2.48. The molecule has 4 heteroatoms. The zero-order valence-electron chi connectivity index (χ0n) is 9.02. The molecule has 0 heterocycles. The molecular weight excluding hydrogens is 184 g/mol. The lowest BCUT2D eigenvalue weighted by atomic mass is 10.6. The first-order valence-electron chi connectivity index (χ1n) is 4.42. The van der Waals surface area contributed by atoms with E-state index in [0.29, 0.717) is 11.8 Å². The zero-order valence-corrected chi connectivity index (χ0v) is 11.0. The molecule has 0 aromatic rings. The molecule has 0 N–H and O–H groups in total. The lowest BCUT2D eigenvalue weighted by Gasteiger charge is -2.29. The summed E-state index contributed by atoms with van der Waals surface area (Å²) in [6.45, 7) is 12.3. The van der Waals surface area contributed by atoms with E-state index >= 15 is 0 Å². The van der Waals surface area contributed by atoms with Crippen molar-refractivity contribution in [3.8, 4) is 0 Å². The lowest BCUT2D eigenvalue weighted by molar-refractivity contribution is -0.113. The Morgan fingerprint density at radius 3 is 1.83 bits per heavy atom. The van der Waals surface area contributed by atoms with Gasteiger partial charge < -0.3 is 8.91 Å². The third-order valence-corrected chi connectivity index (χ3v) is 7.74. The number of carbonyl (C=O) groups is 1. The summed E-state index contributed by atoms with van der Waals surface area (Å²) in [5.74, 6) is 0. The normalized spacial score (nSPS) is 13.2. The van der Waals surface area contributed by atoms with Gasteiger partial charge in [-0.05, 0) is 32.7 Å². The van der Waals surface area contributed by atoms with Crippen LogP contribution in [0.3, 0.4) is 0 Å².